The van der Waals surface area contributed by atoms with Crippen molar-refractivity contribution in [1.82, 2.24) is 4.31 Å². The number of rotatable bonds is 3. The highest BCUT2D eigenvalue weighted by molar-refractivity contribution is 7.89. The van der Waals surface area contributed by atoms with Crippen molar-refractivity contribution in [2.45, 2.75) is 37.7 Å². The van der Waals surface area contributed by atoms with Gasteiger partial charge in [0.1, 0.15) is 22.0 Å². The fourth-order valence-corrected chi connectivity index (χ4v) is 4.28. The van der Waals surface area contributed by atoms with Crippen LogP contribution in [-0.4, -0.2) is 48.1 Å². The first-order valence-electron chi connectivity index (χ1n) is 6.26. The first-order chi connectivity index (χ1) is 9.25. The van der Waals surface area contributed by atoms with Crippen LogP contribution in [-0.2, 0) is 10.0 Å². The van der Waals surface area contributed by atoms with Crippen molar-refractivity contribution in [3.8, 4) is 0 Å². The number of hydrogen-bond acceptors (Lipinski definition) is 5. The molecule has 8 heteroatoms. The largest absolute Gasteiger partial charge is 0.478 e. The van der Waals surface area contributed by atoms with E-state index in [0.29, 0.717) is 12.8 Å². The van der Waals surface area contributed by atoms with E-state index in [4.69, 9.17) is 4.42 Å². The Balaban J connectivity index is 2.47. The molecule has 0 bridgehead atoms. The topological polar surface area (TPSA) is 108 Å². The van der Waals surface area contributed by atoms with Crippen LogP contribution >= 0.6 is 0 Å². The summed E-state index contributed by atoms with van der Waals surface area (Å²) in [4.78, 5) is 11.0. The van der Waals surface area contributed by atoms with Gasteiger partial charge in [0.05, 0.1) is 6.10 Å². The van der Waals surface area contributed by atoms with Crippen LogP contribution in [0.3, 0.4) is 0 Å². The summed E-state index contributed by atoms with van der Waals surface area (Å²) in [6.45, 7) is 3.21. The molecule has 0 aromatic carbocycles. The quantitative estimate of drug-likeness (QED) is 0.852. The lowest BCUT2D eigenvalue weighted by atomic mass is 10.1. The van der Waals surface area contributed by atoms with Crippen molar-refractivity contribution < 1.29 is 27.8 Å². The number of carboxylic acids is 1. The molecule has 112 valence electrons. The molecule has 0 spiro atoms. The Morgan fingerprint density at radius 3 is 2.30 bits per heavy atom. The average molecular weight is 303 g/mol. The summed E-state index contributed by atoms with van der Waals surface area (Å²) in [6, 6.07) is 0. The Labute approximate surface area is 116 Å². The van der Waals surface area contributed by atoms with E-state index in [1.165, 1.54) is 18.2 Å². The summed E-state index contributed by atoms with van der Waals surface area (Å²) < 4.78 is 31.5. The second-order valence-corrected chi connectivity index (χ2v) is 6.73. The molecule has 0 radical (unpaired) electrons. The highest BCUT2D eigenvalue weighted by Gasteiger charge is 2.36. The van der Waals surface area contributed by atoms with Gasteiger partial charge in [0.25, 0.3) is 0 Å². The van der Waals surface area contributed by atoms with E-state index in [1.807, 2.05) is 0 Å². The molecule has 1 aliphatic rings. The maximum absolute atomic E-state index is 12.6. The van der Waals surface area contributed by atoms with Crippen molar-refractivity contribution >= 4 is 16.0 Å². The van der Waals surface area contributed by atoms with Crippen LogP contribution < -0.4 is 0 Å². The van der Waals surface area contributed by atoms with Gasteiger partial charge in [0, 0.05) is 13.1 Å². The van der Waals surface area contributed by atoms with E-state index in [-0.39, 0.29) is 35.1 Å². The molecule has 2 N–H and O–H groups in total. The number of carboxylic acid groups (broad SMARTS) is 1. The zero-order valence-electron chi connectivity index (χ0n) is 11.3. The van der Waals surface area contributed by atoms with Crippen molar-refractivity contribution in [2.75, 3.05) is 13.1 Å². The predicted molar refractivity (Wildman–Crippen MR) is 69.1 cm³/mol. The molecule has 0 unspecified atom stereocenters. The van der Waals surface area contributed by atoms with Gasteiger partial charge in [0.2, 0.25) is 10.0 Å². The molecule has 2 rings (SSSR count). The summed E-state index contributed by atoms with van der Waals surface area (Å²) in [5, 5.41) is 18.6. The Morgan fingerprint density at radius 1 is 1.25 bits per heavy atom. The Kier molecular flexibility index (Phi) is 3.90. The molecule has 0 atom stereocenters. The summed E-state index contributed by atoms with van der Waals surface area (Å²) in [5.74, 6) is -1.17. The Bertz CT molecular complexity index is 625. The van der Waals surface area contributed by atoms with Gasteiger partial charge in [-0.15, -0.1) is 0 Å². The van der Waals surface area contributed by atoms with E-state index in [2.05, 4.69) is 0 Å². The lowest BCUT2D eigenvalue weighted by Crippen LogP contribution is -2.40. The van der Waals surface area contributed by atoms with Crippen LogP contribution in [0.1, 0.15) is 34.7 Å². The van der Waals surface area contributed by atoms with Crippen LogP contribution in [0.15, 0.2) is 9.31 Å². The number of aliphatic hydroxyl groups excluding tert-OH is 1. The highest BCUT2D eigenvalue weighted by atomic mass is 32.2. The number of aliphatic hydroxyl groups is 1. The van der Waals surface area contributed by atoms with E-state index in [0.717, 1.165) is 0 Å². The molecule has 1 aromatic heterocycles. The number of hydrogen-bond donors (Lipinski definition) is 2. The molecule has 1 fully saturated rings. The Morgan fingerprint density at radius 2 is 1.80 bits per heavy atom. The number of aryl methyl sites for hydroxylation is 2. The van der Waals surface area contributed by atoms with Gasteiger partial charge < -0.3 is 14.6 Å². The first kappa shape index (κ1) is 15.0. The molecule has 20 heavy (non-hydrogen) atoms. The molecule has 0 amide bonds. The summed E-state index contributed by atoms with van der Waals surface area (Å²) >= 11 is 0. The molecule has 1 saturated heterocycles. The van der Waals surface area contributed by atoms with E-state index in [9.17, 15) is 23.4 Å². The second kappa shape index (κ2) is 5.19. The first-order valence-corrected chi connectivity index (χ1v) is 7.70. The standard InChI is InChI=1S/C12H17NO6S/c1-7-10(12(15)16)11(8(2)19-7)20(17,18)13-5-3-9(14)4-6-13/h9,14H,3-6H2,1-2H3,(H,15,16). The third-order valence-corrected chi connectivity index (χ3v) is 5.49. The molecule has 0 saturated carbocycles. The second-order valence-electron chi connectivity index (χ2n) is 4.86. The summed E-state index contributed by atoms with van der Waals surface area (Å²) in [6.07, 6.45) is 0.183. The van der Waals surface area contributed by atoms with Crippen molar-refractivity contribution in [2.24, 2.45) is 0 Å². The highest BCUT2D eigenvalue weighted by Crippen LogP contribution is 2.30. The van der Waals surface area contributed by atoms with E-state index in [1.54, 1.807) is 0 Å². The number of carbonyl (C=O) groups is 1. The van der Waals surface area contributed by atoms with Crippen LogP contribution in [0.2, 0.25) is 0 Å². The summed E-state index contributed by atoms with van der Waals surface area (Å²) in [5.41, 5.74) is -0.311. The van der Waals surface area contributed by atoms with Crippen molar-refractivity contribution in [3.05, 3.63) is 17.1 Å². The zero-order valence-corrected chi connectivity index (χ0v) is 12.1. The third-order valence-electron chi connectivity index (χ3n) is 3.44. The van der Waals surface area contributed by atoms with E-state index >= 15 is 0 Å². The molecule has 2 heterocycles. The number of furan rings is 1. The van der Waals surface area contributed by atoms with Gasteiger partial charge in [-0.3, -0.25) is 0 Å². The number of aromatic carboxylic acids is 1. The van der Waals surface area contributed by atoms with Gasteiger partial charge in [-0.1, -0.05) is 0 Å². The van der Waals surface area contributed by atoms with Crippen LogP contribution in [0.5, 0.6) is 0 Å². The summed E-state index contributed by atoms with van der Waals surface area (Å²) in [7, 11) is -3.92. The molecule has 0 aliphatic carbocycles. The minimum atomic E-state index is -3.92. The normalized spacial score (nSPS) is 18.4. The van der Waals surface area contributed by atoms with Gasteiger partial charge in [-0.25, -0.2) is 13.2 Å². The third kappa shape index (κ3) is 2.46. The fraction of sp³-hybridized carbons (Fsp3) is 0.583. The number of sulfonamides is 1. The lowest BCUT2D eigenvalue weighted by Gasteiger charge is -2.28. The molecule has 1 aliphatic heterocycles. The van der Waals surface area contributed by atoms with Gasteiger partial charge >= 0.3 is 5.97 Å². The van der Waals surface area contributed by atoms with Crippen molar-refractivity contribution in [3.63, 3.8) is 0 Å². The van der Waals surface area contributed by atoms with Crippen LogP contribution in [0.4, 0.5) is 0 Å². The smallest absolute Gasteiger partial charge is 0.340 e. The molecular formula is C12H17NO6S. The Hall–Kier alpha value is -1.38. The monoisotopic (exact) mass is 303 g/mol. The average Bonchev–Trinajstić information content (AvgIpc) is 2.65. The van der Waals surface area contributed by atoms with E-state index < -0.39 is 22.1 Å². The zero-order chi connectivity index (χ0) is 15.1. The van der Waals surface area contributed by atoms with Crippen LogP contribution in [0.25, 0.3) is 0 Å². The van der Waals surface area contributed by atoms with Crippen molar-refractivity contribution in [1.29, 1.82) is 0 Å². The number of nitrogens with zero attached hydrogens (tertiary/aromatic N) is 1. The predicted octanol–water partition coefficient (Wildman–Crippen LogP) is 0.740. The molecular weight excluding hydrogens is 286 g/mol. The van der Waals surface area contributed by atoms with Gasteiger partial charge in [-0.2, -0.15) is 4.31 Å². The SMILES string of the molecule is Cc1oc(C)c(S(=O)(=O)N2CCC(O)CC2)c1C(=O)O. The lowest BCUT2D eigenvalue weighted by molar-refractivity contribution is 0.0690. The van der Waals surface area contributed by atoms with Gasteiger partial charge in [-0.05, 0) is 26.7 Å². The van der Waals surface area contributed by atoms with Gasteiger partial charge in [0.15, 0.2) is 0 Å². The number of piperidine rings is 1. The maximum Gasteiger partial charge on any atom is 0.340 e. The minimum absolute atomic E-state index is 0.0746. The fourth-order valence-electron chi connectivity index (χ4n) is 2.43. The van der Waals surface area contributed by atoms with Crippen LogP contribution in [0, 0.1) is 13.8 Å². The minimum Gasteiger partial charge on any atom is -0.478 e. The molecule has 7 nitrogen and oxygen atoms in total. The molecule has 1 aromatic rings. The maximum atomic E-state index is 12.6.